The van der Waals surface area contributed by atoms with E-state index in [0.29, 0.717) is 6.42 Å². The Morgan fingerprint density at radius 1 is 1.29 bits per heavy atom. The fourth-order valence-corrected chi connectivity index (χ4v) is 2.35. The van der Waals surface area contributed by atoms with Crippen LogP contribution in [0.4, 0.5) is 0 Å². The predicted molar refractivity (Wildman–Crippen MR) is 56.6 cm³/mol. The maximum Gasteiger partial charge on any atom is 0.332 e. The summed E-state index contributed by atoms with van der Waals surface area (Å²) in [5, 5.41) is 9.54. The van der Waals surface area contributed by atoms with Gasteiger partial charge in [-0.1, -0.05) is 26.2 Å². The number of rotatable bonds is 8. The molecule has 1 N–H and O–H groups in total. The second-order valence-corrected chi connectivity index (χ2v) is 5.63. The van der Waals surface area contributed by atoms with Crippen molar-refractivity contribution in [1.82, 2.24) is 0 Å². The summed E-state index contributed by atoms with van der Waals surface area (Å²) in [7, 11) is -0.363. The molecule has 0 rings (SSSR count). The standard InChI is InChI=1S/C9H21O4P/c1-4-5-6-7-9(10)8-14(11,12-2)13-3/h9-10H,4-8H2,1-3H3. The largest absolute Gasteiger partial charge is 0.392 e. The molecule has 0 saturated heterocycles. The minimum Gasteiger partial charge on any atom is -0.392 e. The van der Waals surface area contributed by atoms with Gasteiger partial charge in [-0.25, -0.2) is 0 Å². The summed E-state index contributed by atoms with van der Waals surface area (Å²) in [6, 6.07) is 0. The Bertz CT molecular complexity index is 176. The average Bonchev–Trinajstić information content (AvgIpc) is 2.18. The molecule has 0 aliphatic carbocycles. The predicted octanol–water partition coefficient (Wildman–Crippen LogP) is 2.41. The Labute approximate surface area is 86.1 Å². The summed E-state index contributed by atoms with van der Waals surface area (Å²) >= 11 is 0. The van der Waals surface area contributed by atoms with Gasteiger partial charge in [-0.15, -0.1) is 0 Å². The number of aliphatic hydroxyl groups is 1. The zero-order chi connectivity index (χ0) is 11.0. The van der Waals surface area contributed by atoms with Crippen molar-refractivity contribution in [2.24, 2.45) is 0 Å². The van der Waals surface area contributed by atoms with Crippen LogP contribution < -0.4 is 0 Å². The van der Waals surface area contributed by atoms with E-state index in [4.69, 9.17) is 9.05 Å². The molecule has 4 nitrogen and oxygen atoms in total. The van der Waals surface area contributed by atoms with Gasteiger partial charge in [0.1, 0.15) is 0 Å². The third kappa shape index (κ3) is 5.76. The second-order valence-electron chi connectivity index (χ2n) is 3.31. The molecule has 0 amide bonds. The molecule has 1 unspecified atom stereocenters. The van der Waals surface area contributed by atoms with Crippen LogP contribution >= 0.6 is 7.60 Å². The van der Waals surface area contributed by atoms with E-state index in [9.17, 15) is 9.67 Å². The van der Waals surface area contributed by atoms with Crippen LogP contribution in [0.3, 0.4) is 0 Å². The van der Waals surface area contributed by atoms with Gasteiger partial charge in [-0.05, 0) is 6.42 Å². The summed E-state index contributed by atoms with van der Waals surface area (Å²) in [6.07, 6.45) is 3.30. The van der Waals surface area contributed by atoms with Gasteiger partial charge >= 0.3 is 7.60 Å². The zero-order valence-corrected chi connectivity index (χ0v) is 10.1. The van der Waals surface area contributed by atoms with E-state index in [-0.39, 0.29) is 6.16 Å². The van der Waals surface area contributed by atoms with Crippen molar-refractivity contribution in [3.8, 4) is 0 Å². The van der Waals surface area contributed by atoms with Crippen molar-refractivity contribution in [2.45, 2.75) is 38.7 Å². The minimum atomic E-state index is -3.04. The lowest BCUT2D eigenvalue weighted by Crippen LogP contribution is -2.14. The van der Waals surface area contributed by atoms with Crippen LogP contribution in [0, 0.1) is 0 Å². The Morgan fingerprint density at radius 2 is 1.86 bits per heavy atom. The van der Waals surface area contributed by atoms with Crippen LogP contribution in [-0.2, 0) is 13.6 Å². The molecular weight excluding hydrogens is 203 g/mol. The van der Waals surface area contributed by atoms with Gasteiger partial charge in [0.2, 0.25) is 0 Å². The molecule has 0 aliphatic heterocycles. The van der Waals surface area contributed by atoms with Crippen LogP contribution in [0.25, 0.3) is 0 Å². The van der Waals surface area contributed by atoms with Crippen LogP contribution in [0.2, 0.25) is 0 Å². The molecule has 0 spiro atoms. The van der Waals surface area contributed by atoms with E-state index < -0.39 is 13.7 Å². The molecule has 5 heteroatoms. The monoisotopic (exact) mass is 224 g/mol. The lowest BCUT2D eigenvalue weighted by molar-refractivity contribution is 0.168. The van der Waals surface area contributed by atoms with E-state index in [1.54, 1.807) is 0 Å². The lowest BCUT2D eigenvalue weighted by Gasteiger charge is -2.17. The topological polar surface area (TPSA) is 55.8 Å². The minimum absolute atomic E-state index is 0.0870. The number of hydrogen-bond acceptors (Lipinski definition) is 4. The van der Waals surface area contributed by atoms with Crippen LogP contribution in [0.1, 0.15) is 32.6 Å². The maximum atomic E-state index is 11.6. The Balaban J connectivity index is 3.79. The first-order chi connectivity index (χ1) is 6.58. The van der Waals surface area contributed by atoms with Crippen LogP contribution in [0.15, 0.2) is 0 Å². The molecule has 86 valence electrons. The summed E-state index contributed by atoms with van der Waals surface area (Å²) in [4.78, 5) is 0. The van der Waals surface area contributed by atoms with Gasteiger partial charge in [0.25, 0.3) is 0 Å². The Morgan fingerprint density at radius 3 is 2.29 bits per heavy atom. The van der Waals surface area contributed by atoms with Crippen molar-refractivity contribution in [2.75, 3.05) is 20.4 Å². The van der Waals surface area contributed by atoms with Gasteiger partial charge in [-0.3, -0.25) is 4.57 Å². The Kier molecular flexibility index (Phi) is 7.47. The molecule has 0 aliphatic rings. The van der Waals surface area contributed by atoms with Crippen molar-refractivity contribution >= 4 is 7.60 Å². The second kappa shape index (κ2) is 7.41. The fraction of sp³-hybridized carbons (Fsp3) is 1.00. The van der Waals surface area contributed by atoms with E-state index >= 15 is 0 Å². The van der Waals surface area contributed by atoms with Gasteiger partial charge in [0.05, 0.1) is 12.3 Å². The molecule has 0 aromatic heterocycles. The van der Waals surface area contributed by atoms with Gasteiger partial charge in [-0.2, -0.15) is 0 Å². The van der Waals surface area contributed by atoms with Crippen LogP contribution in [0.5, 0.6) is 0 Å². The summed E-state index contributed by atoms with van der Waals surface area (Å²) in [6.45, 7) is 2.10. The maximum absolute atomic E-state index is 11.6. The van der Waals surface area contributed by atoms with Gasteiger partial charge in [0.15, 0.2) is 0 Å². The van der Waals surface area contributed by atoms with E-state index in [0.717, 1.165) is 19.3 Å². The SMILES string of the molecule is CCCCCC(O)CP(=O)(OC)OC. The highest BCUT2D eigenvalue weighted by molar-refractivity contribution is 7.53. The molecule has 0 aromatic carbocycles. The summed E-state index contributed by atoms with van der Waals surface area (Å²) in [5.74, 6) is 0. The zero-order valence-electron chi connectivity index (χ0n) is 9.23. The molecule has 0 bridgehead atoms. The molecule has 0 aromatic rings. The fourth-order valence-electron chi connectivity index (χ4n) is 1.20. The third-order valence-corrected chi connectivity index (χ3v) is 4.11. The van der Waals surface area contributed by atoms with E-state index in [1.807, 2.05) is 0 Å². The molecule has 14 heavy (non-hydrogen) atoms. The van der Waals surface area contributed by atoms with E-state index in [1.165, 1.54) is 14.2 Å². The normalized spacial score (nSPS) is 14.3. The Hall–Kier alpha value is 0.110. The number of aliphatic hydroxyl groups excluding tert-OH is 1. The molecule has 0 radical (unpaired) electrons. The van der Waals surface area contributed by atoms with Crippen LogP contribution in [-0.4, -0.2) is 31.6 Å². The van der Waals surface area contributed by atoms with Crippen molar-refractivity contribution in [3.63, 3.8) is 0 Å². The molecule has 0 saturated carbocycles. The number of unbranched alkanes of at least 4 members (excludes halogenated alkanes) is 2. The van der Waals surface area contributed by atoms with Gasteiger partial charge < -0.3 is 14.2 Å². The third-order valence-electron chi connectivity index (χ3n) is 2.13. The highest BCUT2D eigenvalue weighted by Gasteiger charge is 2.24. The quantitative estimate of drug-likeness (QED) is 0.508. The lowest BCUT2D eigenvalue weighted by atomic mass is 10.1. The smallest absolute Gasteiger partial charge is 0.332 e. The summed E-state index contributed by atoms with van der Waals surface area (Å²) in [5.41, 5.74) is 0. The molecule has 0 fully saturated rings. The van der Waals surface area contributed by atoms with Crippen molar-refractivity contribution in [3.05, 3.63) is 0 Å². The van der Waals surface area contributed by atoms with Crippen molar-refractivity contribution < 1.29 is 18.7 Å². The highest BCUT2D eigenvalue weighted by Crippen LogP contribution is 2.47. The first-order valence-electron chi connectivity index (χ1n) is 4.96. The highest BCUT2D eigenvalue weighted by atomic mass is 31.2. The van der Waals surface area contributed by atoms with Gasteiger partial charge in [0, 0.05) is 14.2 Å². The first kappa shape index (κ1) is 14.1. The number of hydrogen-bond donors (Lipinski definition) is 1. The molecule has 1 atom stereocenters. The van der Waals surface area contributed by atoms with Crippen molar-refractivity contribution in [1.29, 1.82) is 0 Å². The average molecular weight is 224 g/mol. The van der Waals surface area contributed by atoms with E-state index in [2.05, 4.69) is 6.92 Å². The molecular formula is C9H21O4P. The first-order valence-corrected chi connectivity index (χ1v) is 6.69. The summed E-state index contributed by atoms with van der Waals surface area (Å²) < 4.78 is 21.1. The molecule has 0 heterocycles.